The second-order valence-electron chi connectivity index (χ2n) is 5.11. The van der Waals surface area contributed by atoms with Gasteiger partial charge in [-0.1, -0.05) is 53.6 Å². The summed E-state index contributed by atoms with van der Waals surface area (Å²) in [4.78, 5) is 0. The van der Waals surface area contributed by atoms with E-state index in [4.69, 9.17) is 17.3 Å². The van der Waals surface area contributed by atoms with Gasteiger partial charge in [0, 0.05) is 16.7 Å². The Balaban J connectivity index is 1.89. The van der Waals surface area contributed by atoms with Gasteiger partial charge in [-0.25, -0.2) is 4.68 Å². The van der Waals surface area contributed by atoms with Crippen molar-refractivity contribution in [1.82, 2.24) is 9.78 Å². The number of nitrogens with two attached hydrogens (primary N) is 1. The fraction of sp³-hybridized carbons (Fsp3) is 0.118. The molecule has 0 aliphatic heterocycles. The number of benzene rings is 2. The van der Waals surface area contributed by atoms with E-state index in [2.05, 4.69) is 36.3 Å². The predicted octanol–water partition coefficient (Wildman–Crippen LogP) is 4.14. The number of hydrogen-bond acceptors (Lipinski definition) is 2. The quantitative estimate of drug-likeness (QED) is 0.789. The molecule has 0 amide bonds. The molecule has 0 bridgehead atoms. The summed E-state index contributed by atoms with van der Waals surface area (Å²) in [6.45, 7) is 2.73. The third-order valence-corrected chi connectivity index (χ3v) is 3.62. The second-order valence-corrected chi connectivity index (χ2v) is 5.54. The maximum absolute atomic E-state index is 6.06. The van der Waals surface area contributed by atoms with Crippen molar-refractivity contribution in [3.05, 3.63) is 70.7 Å². The van der Waals surface area contributed by atoms with Gasteiger partial charge >= 0.3 is 0 Å². The van der Waals surface area contributed by atoms with E-state index in [-0.39, 0.29) is 0 Å². The number of nitrogen functional groups attached to an aromatic ring is 1. The lowest BCUT2D eigenvalue weighted by atomic mass is 10.1. The molecule has 0 radical (unpaired) electrons. The van der Waals surface area contributed by atoms with Crippen LogP contribution in [0.25, 0.3) is 11.3 Å². The van der Waals surface area contributed by atoms with Crippen molar-refractivity contribution in [1.29, 1.82) is 0 Å². The van der Waals surface area contributed by atoms with Crippen LogP contribution in [0, 0.1) is 6.92 Å². The van der Waals surface area contributed by atoms with Crippen molar-refractivity contribution in [2.75, 3.05) is 5.73 Å². The van der Waals surface area contributed by atoms with Crippen molar-refractivity contribution in [3.8, 4) is 11.3 Å². The Morgan fingerprint density at radius 3 is 2.57 bits per heavy atom. The molecule has 1 aromatic heterocycles. The summed E-state index contributed by atoms with van der Waals surface area (Å²) in [7, 11) is 0. The van der Waals surface area contributed by atoms with Crippen LogP contribution >= 0.6 is 11.6 Å². The normalized spacial score (nSPS) is 10.8. The lowest BCUT2D eigenvalue weighted by Crippen LogP contribution is -2.05. The van der Waals surface area contributed by atoms with Crippen molar-refractivity contribution < 1.29 is 0 Å². The van der Waals surface area contributed by atoms with Gasteiger partial charge in [-0.2, -0.15) is 5.10 Å². The summed E-state index contributed by atoms with van der Waals surface area (Å²) in [5.74, 6) is 0.644. The molecule has 1 heterocycles. The molecule has 106 valence electrons. The lowest BCUT2D eigenvalue weighted by molar-refractivity contribution is 0.699. The first kappa shape index (κ1) is 13.7. The Hall–Kier alpha value is -2.26. The third-order valence-electron chi connectivity index (χ3n) is 3.38. The van der Waals surface area contributed by atoms with E-state index in [0.717, 1.165) is 11.3 Å². The minimum absolute atomic E-state index is 0.644. The molecule has 0 saturated carbocycles. The van der Waals surface area contributed by atoms with Crippen LogP contribution in [-0.4, -0.2) is 9.78 Å². The molecule has 0 unspecified atom stereocenters. The molecular formula is C17H16ClN3. The van der Waals surface area contributed by atoms with E-state index < -0.39 is 0 Å². The third kappa shape index (κ3) is 3.09. The highest BCUT2D eigenvalue weighted by Crippen LogP contribution is 2.23. The number of aryl methyl sites for hydroxylation is 1. The number of halogens is 1. The molecule has 0 atom stereocenters. The Morgan fingerprint density at radius 2 is 1.86 bits per heavy atom. The van der Waals surface area contributed by atoms with Crippen molar-refractivity contribution in [2.24, 2.45) is 0 Å². The fourth-order valence-electron chi connectivity index (χ4n) is 2.21. The van der Waals surface area contributed by atoms with Crippen LogP contribution in [0.1, 0.15) is 11.1 Å². The summed E-state index contributed by atoms with van der Waals surface area (Å²) in [5, 5.41) is 5.27. The van der Waals surface area contributed by atoms with Gasteiger partial charge in [0.15, 0.2) is 0 Å². The Kier molecular flexibility index (Phi) is 3.67. The first-order chi connectivity index (χ1) is 10.1. The summed E-state index contributed by atoms with van der Waals surface area (Å²) in [6.07, 6.45) is 0. The molecule has 0 aliphatic carbocycles. The topological polar surface area (TPSA) is 43.8 Å². The van der Waals surface area contributed by atoms with Crippen LogP contribution in [0.2, 0.25) is 5.02 Å². The Morgan fingerprint density at radius 1 is 1.10 bits per heavy atom. The maximum atomic E-state index is 6.06. The number of anilines is 1. The fourth-order valence-corrected chi connectivity index (χ4v) is 2.40. The van der Waals surface area contributed by atoms with Crippen LogP contribution in [0.4, 0.5) is 5.82 Å². The minimum Gasteiger partial charge on any atom is -0.384 e. The lowest BCUT2D eigenvalue weighted by Gasteiger charge is -2.04. The van der Waals surface area contributed by atoms with E-state index in [0.29, 0.717) is 17.4 Å². The zero-order chi connectivity index (χ0) is 14.8. The van der Waals surface area contributed by atoms with Crippen LogP contribution in [0.15, 0.2) is 54.6 Å². The average molecular weight is 298 g/mol. The SMILES string of the molecule is Cc1ccc(Cn2nc(-c3cccc(Cl)c3)cc2N)cc1. The molecule has 0 fully saturated rings. The molecule has 0 aliphatic rings. The molecular weight excluding hydrogens is 282 g/mol. The van der Waals surface area contributed by atoms with Gasteiger partial charge in [-0.15, -0.1) is 0 Å². The van der Waals surface area contributed by atoms with Crippen LogP contribution < -0.4 is 5.73 Å². The molecule has 2 aromatic carbocycles. The van der Waals surface area contributed by atoms with Gasteiger partial charge in [0.2, 0.25) is 0 Å². The van der Waals surface area contributed by atoms with Crippen LogP contribution in [0.3, 0.4) is 0 Å². The van der Waals surface area contributed by atoms with Crippen molar-refractivity contribution in [3.63, 3.8) is 0 Å². The number of nitrogens with zero attached hydrogens (tertiary/aromatic N) is 2. The molecule has 21 heavy (non-hydrogen) atoms. The van der Waals surface area contributed by atoms with Gasteiger partial charge in [-0.05, 0) is 24.6 Å². The van der Waals surface area contributed by atoms with Crippen LogP contribution in [-0.2, 0) is 6.54 Å². The van der Waals surface area contributed by atoms with E-state index in [1.807, 2.05) is 30.3 Å². The number of rotatable bonds is 3. The van der Waals surface area contributed by atoms with Gasteiger partial charge in [-0.3, -0.25) is 0 Å². The first-order valence-electron chi connectivity index (χ1n) is 6.76. The molecule has 3 aromatic rings. The van der Waals surface area contributed by atoms with Gasteiger partial charge in [0.05, 0.1) is 12.2 Å². The van der Waals surface area contributed by atoms with E-state index in [1.54, 1.807) is 4.68 Å². The summed E-state index contributed by atoms with van der Waals surface area (Å²) < 4.78 is 1.81. The molecule has 0 saturated heterocycles. The zero-order valence-electron chi connectivity index (χ0n) is 11.8. The summed E-state index contributed by atoms with van der Waals surface area (Å²) in [6, 6.07) is 17.9. The van der Waals surface area contributed by atoms with E-state index >= 15 is 0 Å². The second kappa shape index (κ2) is 5.62. The zero-order valence-corrected chi connectivity index (χ0v) is 12.5. The van der Waals surface area contributed by atoms with E-state index in [1.165, 1.54) is 11.1 Å². The van der Waals surface area contributed by atoms with E-state index in [9.17, 15) is 0 Å². The monoisotopic (exact) mass is 297 g/mol. The average Bonchev–Trinajstić information content (AvgIpc) is 2.83. The molecule has 4 heteroatoms. The number of hydrogen-bond donors (Lipinski definition) is 1. The summed E-state index contributed by atoms with van der Waals surface area (Å²) >= 11 is 6.02. The highest BCUT2D eigenvalue weighted by molar-refractivity contribution is 6.30. The first-order valence-corrected chi connectivity index (χ1v) is 7.14. The summed E-state index contributed by atoms with van der Waals surface area (Å²) in [5.41, 5.74) is 10.3. The highest BCUT2D eigenvalue weighted by atomic mass is 35.5. The predicted molar refractivity (Wildman–Crippen MR) is 87.4 cm³/mol. The molecule has 3 rings (SSSR count). The highest BCUT2D eigenvalue weighted by Gasteiger charge is 2.08. The molecule has 3 nitrogen and oxygen atoms in total. The smallest absolute Gasteiger partial charge is 0.122 e. The van der Waals surface area contributed by atoms with Crippen LogP contribution in [0.5, 0.6) is 0 Å². The Bertz CT molecular complexity index is 760. The van der Waals surface area contributed by atoms with Crippen molar-refractivity contribution in [2.45, 2.75) is 13.5 Å². The molecule has 0 spiro atoms. The van der Waals surface area contributed by atoms with Gasteiger partial charge in [0.1, 0.15) is 5.82 Å². The molecule has 2 N–H and O–H groups in total. The standard InChI is InChI=1S/C17H16ClN3/c1-12-5-7-13(8-6-12)11-21-17(19)10-16(20-21)14-3-2-4-15(18)9-14/h2-10H,11,19H2,1H3. The van der Waals surface area contributed by atoms with Crippen molar-refractivity contribution >= 4 is 17.4 Å². The Labute approximate surface area is 129 Å². The van der Waals surface area contributed by atoms with Gasteiger partial charge < -0.3 is 5.73 Å². The largest absolute Gasteiger partial charge is 0.384 e. The minimum atomic E-state index is 0.644. The number of aromatic nitrogens is 2. The maximum Gasteiger partial charge on any atom is 0.122 e. The van der Waals surface area contributed by atoms with Gasteiger partial charge in [0.25, 0.3) is 0 Å².